The van der Waals surface area contributed by atoms with Gasteiger partial charge >= 0.3 is 0 Å². The van der Waals surface area contributed by atoms with Crippen molar-refractivity contribution in [2.45, 2.75) is 33.2 Å². The van der Waals surface area contributed by atoms with Crippen LogP contribution in [0.4, 0.5) is 0 Å². The predicted molar refractivity (Wildman–Crippen MR) is 64.0 cm³/mol. The first-order valence-electron chi connectivity index (χ1n) is 5.35. The summed E-state index contributed by atoms with van der Waals surface area (Å²) in [4.78, 5) is 11.4. The molecule has 0 fully saturated rings. The molecule has 0 spiro atoms. The smallest absolute Gasteiger partial charge is 0.236 e. The van der Waals surface area contributed by atoms with Gasteiger partial charge in [0, 0.05) is 28.9 Å². The first-order chi connectivity index (χ1) is 6.97. The van der Waals surface area contributed by atoms with E-state index in [1.165, 1.54) is 0 Å². The molecule has 0 heterocycles. The van der Waals surface area contributed by atoms with E-state index in [-0.39, 0.29) is 5.91 Å². The lowest BCUT2D eigenvalue weighted by Gasteiger charge is -2.13. The van der Waals surface area contributed by atoms with Crippen molar-refractivity contribution in [1.29, 1.82) is 0 Å². The Morgan fingerprint density at radius 1 is 1.47 bits per heavy atom. The highest BCUT2D eigenvalue weighted by Gasteiger charge is 2.14. The summed E-state index contributed by atoms with van der Waals surface area (Å²) in [6.07, 6.45) is 0.683. The highest BCUT2D eigenvalue weighted by molar-refractivity contribution is 7.84. The van der Waals surface area contributed by atoms with Gasteiger partial charge in [0.2, 0.25) is 5.91 Å². The third kappa shape index (κ3) is 7.50. The molecule has 0 radical (unpaired) electrons. The largest absolute Gasteiger partial charge is 0.354 e. The molecule has 0 saturated heterocycles. The van der Waals surface area contributed by atoms with Crippen LogP contribution in [0.15, 0.2) is 0 Å². The van der Waals surface area contributed by atoms with Gasteiger partial charge in [-0.2, -0.15) is 0 Å². The second kappa shape index (κ2) is 7.82. The van der Waals surface area contributed by atoms with Crippen LogP contribution in [-0.2, 0) is 15.6 Å². The van der Waals surface area contributed by atoms with Crippen LogP contribution in [0.25, 0.3) is 0 Å². The summed E-state index contributed by atoms with van der Waals surface area (Å²) in [5, 5.41) is 2.70. The van der Waals surface area contributed by atoms with Gasteiger partial charge < -0.3 is 11.1 Å². The van der Waals surface area contributed by atoms with Gasteiger partial charge in [0.05, 0.1) is 6.04 Å². The molecule has 3 N–H and O–H groups in total. The standard InChI is InChI=1S/C10H22N2O2S/c1-4-15(14)6-5-12-10(13)9(11)7-8(2)3/h8-9H,4-7,11H2,1-3H3,(H,12,13). The molecule has 0 aliphatic carbocycles. The summed E-state index contributed by atoms with van der Waals surface area (Å²) >= 11 is 0. The summed E-state index contributed by atoms with van der Waals surface area (Å²) in [6, 6.07) is -0.444. The van der Waals surface area contributed by atoms with Gasteiger partial charge in [-0.3, -0.25) is 9.00 Å². The number of carbonyl (C=O) groups is 1. The lowest BCUT2D eigenvalue weighted by atomic mass is 10.0. The van der Waals surface area contributed by atoms with Gasteiger partial charge in [-0.1, -0.05) is 20.8 Å². The number of carbonyl (C=O) groups excluding carboxylic acids is 1. The normalized spacial score (nSPS) is 15.0. The summed E-state index contributed by atoms with van der Waals surface area (Å²) < 4.78 is 11.1. The lowest BCUT2D eigenvalue weighted by molar-refractivity contribution is -0.122. The van der Waals surface area contributed by atoms with Crippen LogP contribution >= 0.6 is 0 Å². The van der Waals surface area contributed by atoms with Crippen LogP contribution in [0.5, 0.6) is 0 Å². The van der Waals surface area contributed by atoms with E-state index >= 15 is 0 Å². The molecule has 0 aromatic rings. The number of rotatable bonds is 7. The fraction of sp³-hybridized carbons (Fsp3) is 0.900. The van der Waals surface area contributed by atoms with Crippen molar-refractivity contribution in [3.63, 3.8) is 0 Å². The molecular weight excluding hydrogens is 212 g/mol. The maximum atomic E-state index is 11.4. The topological polar surface area (TPSA) is 72.2 Å². The third-order valence-corrected chi connectivity index (χ3v) is 3.32. The Morgan fingerprint density at radius 3 is 2.53 bits per heavy atom. The number of amides is 1. The van der Waals surface area contributed by atoms with Crippen LogP contribution in [-0.4, -0.2) is 34.2 Å². The van der Waals surface area contributed by atoms with E-state index in [1.54, 1.807) is 0 Å². The molecule has 0 aliphatic rings. The average molecular weight is 234 g/mol. The van der Waals surface area contributed by atoms with Crippen molar-refractivity contribution in [1.82, 2.24) is 5.32 Å². The molecular formula is C10H22N2O2S. The molecule has 0 rings (SSSR count). The lowest BCUT2D eigenvalue weighted by Crippen LogP contribution is -2.42. The summed E-state index contributed by atoms with van der Waals surface area (Å²) in [5.74, 6) is 1.41. The Labute approximate surface area is 94.4 Å². The molecule has 0 aliphatic heterocycles. The first kappa shape index (κ1) is 14.6. The van der Waals surface area contributed by atoms with Gasteiger partial charge in [-0.05, 0) is 12.3 Å². The number of hydrogen-bond acceptors (Lipinski definition) is 3. The average Bonchev–Trinajstić information content (AvgIpc) is 2.16. The molecule has 15 heavy (non-hydrogen) atoms. The van der Waals surface area contributed by atoms with Gasteiger partial charge in [0.15, 0.2) is 0 Å². The monoisotopic (exact) mass is 234 g/mol. The van der Waals surface area contributed by atoms with Gasteiger partial charge in [-0.25, -0.2) is 0 Å². The third-order valence-electron chi connectivity index (χ3n) is 2.01. The van der Waals surface area contributed by atoms with Crippen molar-refractivity contribution in [3.8, 4) is 0 Å². The molecule has 0 bridgehead atoms. The highest BCUT2D eigenvalue weighted by Crippen LogP contribution is 2.02. The van der Waals surface area contributed by atoms with Crippen molar-refractivity contribution in [2.75, 3.05) is 18.1 Å². The van der Waals surface area contributed by atoms with Crippen LogP contribution in [0.3, 0.4) is 0 Å². The zero-order chi connectivity index (χ0) is 11.8. The van der Waals surface area contributed by atoms with E-state index in [1.807, 2.05) is 20.8 Å². The molecule has 5 heteroatoms. The number of nitrogens with one attached hydrogen (secondary N) is 1. The highest BCUT2D eigenvalue weighted by atomic mass is 32.2. The summed E-state index contributed by atoms with van der Waals surface area (Å²) in [7, 11) is -0.823. The van der Waals surface area contributed by atoms with Crippen LogP contribution in [0.1, 0.15) is 27.2 Å². The minimum Gasteiger partial charge on any atom is -0.354 e. The molecule has 4 nitrogen and oxygen atoms in total. The Morgan fingerprint density at radius 2 is 2.07 bits per heavy atom. The zero-order valence-corrected chi connectivity index (χ0v) is 10.6. The van der Waals surface area contributed by atoms with E-state index in [4.69, 9.17) is 5.73 Å². The first-order valence-corrected chi connectivity index (χ1v) is 6.84. The fourth-order valence-electron chi connectivity index (χ4n) is 1.18. The molecule has 1 amide bonds. The van der Waals surface area contributed by atoms with E-state index in [9.17, 15) is 9.00 Å². The number of nitrogens with two attached hydrogens (primary N) is 1. The van der Waals surface area contributed by atoms with E-state index < -0.39 is 16.8 Å². The zero-order valence-electron chi connectivity index (χ0n) is 9.79. The molecule has 2 unspecified atom stereocenters. The second-order valence-corrected chi connectivity index (χ2v) is 5.82. The summed E-state index contributed by atoms with van der Waals surface area (Å²) in [6.45, 7) is 6.37. The maximum absolute atomic E-state index is 11.4. The van der Waals surface area contributed by atoms with Crippen molar-refractivity contribution >= 4 is 16.7 Å². The minimum absolute atomic E-state index is 0.142. The van der Waals surface area contributed by atoms with Crippen LogP contribution in [0, 0.1) is 5.92 Å². The van der Waals surface area contributed by atoms with Crippen molar-refractivity contribution in [2.24, 2.45) is 11.7 Å². The maximum Gasteiger partial charge on any atom is 0.236 e. The Hall–Kier alpha value is -0.420. The molecule has 0 aromatic carbocycles. The number of hydrogen-bond donors (Lipinski definition) is 2. The Bertz CT molecular complexity index is 219. The summed E-state index contributed by atoms with van der Waals surface area (Å²) in [5.41, 5.74) is 5.68. The Balaban J connectivity index is 3.69. The predicted octanol–water partition coefficient (Wildman–Crippen LogP) is 0.245. The molecule has 90 valence electrons. The van der Waals surface area contributed by atoms with E-state index in [0.717, 1.165) is 0 Å². The second-order valence-electron chi connectivity index (χ2n) is 3.96. The van der Waals surface area contributed by atoms with Gasteiger partial charge in [0.1, 0.15) is 0 Å². The van der Waals surface area contributed by atoms with Crippen LogP contribution < -0.4 is 11.1 Å². The SMILES string of the molecule is CCS(=O)CCNC(=O)C(N)CC(C)C. The Kier molecular flexibility index (Phi) is 7.60. The minimum atomic E-state index is -0.823. The van der Waals surface area contributed by atoms with Crippen LogP contribution in [0.2, 0.25) is 0 Å². The van der Waals surface area contributed by atoms with E-state index in [0.29, 0.717) is 30.4 Å². The molecule has 0 saturated carbocycles. The van der Waals surface area contributed by atoms with Gasteiger partial charge in [-0.15, -0.1) is 0 Å². The quantitative estimate of drug-likeness (QED) is 0.663. The van der Waals surface area contributed by atoms with E-state index in [2.05, 4.69) is 5.32 Å². The van der Waals surface area contributed by atoms with Crippen molar-refractivity contribution in [3.05, 3.63) is 0 Å². The van der Waals surface area contributed by atoms with Gasteiger partial charge in [0.25, 0.3) is 0 Å². The molecule has 2 atom stereocenters. The fourth-order valence-corrected chi connectivity index (χ4v) is 1.80. The molecule has 0 aromatic heterocycles. The van der Waals surface area contributed by atoms with Crippen molar-refractivity contribution < 1.29 is 9.00 Å².